The summed E-state index contributed by atoms with van der Waals surface area (Å²) >= 11 is 5.91. The van der Waals surface area contributed by atoms with Crippen molar-refractivity contribution in [2.75, 3.05) is 0 Å². The standard InChI is InChI=1S/C12H13ClN2O/c1-3-8(2)14-12(16)11-6-9(13)7-15(11)10-4-5-10/h1,6-8,10H,4-5H2,2H3,(H,14,16). The molecule has 1 atom stereocenters. The van der Waals surface area contributed by atoms with E-state index in [1.807, 2.05) is 4.57 Å². The van der Waals surface area contributed by atoms with Crippen molar-refractivity contribution in [3.05, 3.63) is 23.0 Å². The van der Waals surface area contributed by atoms with Gasteiger partial charge in [0.2, 0.25) is 0 Å². The maximum Gasteiger partial charge on any atom is 0.268 e. The van der Waals surface area contributed by atoms with Crippen molar-refractivity contribution in [1.82, 2.24) is 9.88 Å². The van der Waals surface area contributed by atoms with Crippen LogP contribution in [0.4, 0.5) is 0 Å². The topological polar surface area (TPSA) is 34.0 Å². The molecule has 0 aliphatic heterocycles. The van der Waals surface area contributed by atoms with E-state index in [1.54, 1.807) is 19.2 Å². The Labute approximate surface area is 99.8 Å². The van der Waals surface area contributed by atoms with Gasteiger partial charge >= 0.3 is 0 Å². The third-order valence-corrected chi connectivity index (χ3v) is 2.79. The average Bonchev–Trinajstić information content (AvgIpc) is 3.01. The fourth-order valence-electron chi connectivity index (χ4n) is 1.59. The number of aromatic nitrogens is 1. The Morgan fingerprint density at radius 2 is 2.44 bits per heavy atom. The van der Waals surface area contributed by atoms with Gasteiger partial charge in [0, 0.05) is 12.2 Å². The first kappa shape index (κ1) is 11.1. The Morgan fingerprint density at radius 1 is 1.75 bits per heavy atom. The summed E-state index contributed by atoms with van der Waals surface area (Å²) in [6.45, 7) is 1.77. The van der Waals surface area contributed by atoms with E-state index < -0.39 is 0 Å². The largest absolute Gasteiger partial charge is 0.339 e. The number of hydrogen-bond acceptors (Lipinski definition) is 1. The fraction of sp³-hybridized carbons (Fsp3) is 0.417. The number of amides is 1. The lowest BCUT2D eigenvalue weighted by Gasteiger charge is -2.10. The third-order valence-electron chi connectivity index (χ3n) is 2.59. The summed E-state index contributed by atoms with van der Waals surface area (Å²) in [5.41, 5.74) is 0.592. The van der Waals surface area contributed by atoms with E-state index in [0.717, 1.165) is 12.8 Å². The van der Waals surface area contributed by atoms with E-state index in [2.05, 4.69) is 11.2 Å². The first-order chi connectivity index (χ1) is 7.61. The zero-order chi connectivity index (χ0) is 11.7. The van der Waals surface area contributed by atoms with Gasteiger partial charge in [-0.3, -0.25) is 4.79 Å². The van der Waals surface area contributed by atoms with Crippen molar-refractivity contribution in [3.8, 4) is 12.3 Å². The van der Waals surface area contributed by atoms with Crippen LogP contribution in [-0.2, 0) is 0 Å². The second kappa shape index (κ2) is 4.23. The quantitative estimate of drug-likeness (QED) is 0.803. The Bertz CT molecular complexity index is 454. The lowest BCUT2D eigenvalue weighted by atomic mass is 10.3. The van der Waals surface area contributed by atoms with Gasteiger partial charge in [-0.15, -0.1) is 6.42 Å². The summed E-state index contributed by atoms with van der Waals surface area (Å²) in [5, 5.41) is 3.32. The molecule has 4 heteroatoms. The highest BCUT2D eigenvalue weighted by Crippen LogP contribution is 2.37. The van der Waals surface area contributed by atoms with Crippen LogP contribution in [0.15, 0.2) is 12.3 Å². The number of rotatable bonds is 3. The molecule has 0 radical (unpaired) electrons. The molecular weight excluding hydrogens is 224 g/mol. The number of halogens is 1. The smallest absolute Gasteiger partial charge is 0.268 e. The molecule has 1 heterocycles. The molecule has 1 aliphatic rings. The molecule has 0 saturated heterocycles. The van der Waals surface area contributed by atoms with E-state index in [-0.39, 0.29) is 11.9 Å². The molecule has 16 heavy (non-hydrogen) atoms. The highest BCUT2D eigenvalue weighted by molar-refractivity contribution is 6.31. The minimum Gasteiger partial charge on any atom is -0.339 e. The van der Waals surface area contributed by atoms with Crippen LogP contribution < -0.4 is 5.32 Å². The van der Waals surface area contributed by atoms with Gasteiger partial charge in [-0.05, 0) is 25.8 Å². The van der Waals surface area contributed by atoms with Crippen molar-refractivity contribution < 1.29 is 4.79 Å². The van der Waals surface area contributed by atoms with Crippen LogP contribution in [0.5, 0.6) is 0 Å². The van der Waals surface area contributed by atoms with Gasteiger partial charge in [0.1, 0.15) is 5.69 Å². The lowest BCUT2D eigenvalue weighted by molar-refractivity contribution is 0.0938. The predicted molar refractivity (Wildman–Crippen MR) is 63.5 cm³/mol. The summed E-state index contributed by atoms with van der Waals surface area (Å²) in [6.07, 6.45) is 9.23. The molecule has 3 nitrogen and oxygen atoms in total. The van der Waals surface area contributed by atoms with Gasteiger partial charge in [-0.25, -0.2) is 0 Å². The Hall–Kier alpha value is -1.40. The molecule has 1 fully saturated rings. The zero-order valence-electron chi connectivity index (χ0n) is 9.03. The SMILES string of the molecule is C#CC(C)NC(=O)c1cc(Cl)cn1C1CC1. The molecule has 2 rings (SSSR count). The molecule has 1 unspecified atom stereocenters. The highest BCUT2D eigenvalue weighted by Gasteiger charge is 2.27. The van der Waals surface area contributed by atoms with Gasteiger partial charge in [0.05, 0.1) is 11.1 Å². The molecular formula is C12H13ClN2O. The van der Waals surface area contributed by atoms with Gasteiger partial charge in [-0.1, -0.05) is 17.5 Å². The van der Waals surface area contributed by atoms with Crippen LogP contribution in [-0.4, -0.2) is 16.5 Å². The van der Waals surface area contributed by atoms with Crippen molar-refractivity contribution in [2.24, 2.45) is 0 Å². The number of carbonyl (C=O) groups is 1. The van der Waals surface area contributed by atoms with Crippen molar-refractivity contribution in [3.63, 3.8) is 0 Å². The summed E-state index contributed by atoms with van der Waals surface area (Å²) in [7, 11) is 0. The summed E-state index contributed by atoms with van der Waals surface area (Å²) in [6, 6.07) is 1.83. The normalized spacial score (nSPS) is 16.6. The summed E-state index contributed by atoms with van der Waals surface area (Å²) in [5.74, 6) is 2.30. The number of hydrogen-bond donors (Lipinski definition) is 1. The number of nitrogens with one attached hydrogen (secondary N) is 1. The number of nitrogens with zero attached hydrogens (tertiary/aromatic N) is 1. The monoisotopic (exact) mass is 236 g/mol. The van der Waals surface area contributed by atoms with Crippen LogP contribution in [0.3, 0.4) is 0 Å². The molecule has 1 amide bonds. The van der Waals surface area contributed by atoms with E-state index in [0.29, 0.717) is 16.8 Å². The molecule has 0 aromatic carbocycles. The van der Waals surface area contributed by atoms with E-state index in [9.17, 15) is 4.79 Å². The molecule has 0 spiro atoms. The van der Waals surface area contributed by atoms with Crippen LogP contribution >= 0.6 is 11.6 Å². The van der Waals surface area contributed by atoms with Crippen LogP contribution in [0.2, 0.25) is 5.02 Å². The Kier molecular flexibility index (Phi) is 2.93. The predicted octanol–water partition coefficient (Wildman–Crippen LogP) is 2.23. The fourth-order valence-corrected chi connectivity index (χ4v) is 1.80. The molecule has 1 saturated carbocycles. The van der Waals surface area contributed by atoms with Gasteiger partial charge in [0.25, 0.3) is 5.91 Å². The van der Waals surface area contributed by atoms with E-state index in [4.69, 9.17) is 18.0 Å². The van der Waals surface area contributed by atoms with Crippen LogP contribution in [0.1, 0.15) is 36.3 Å². The maximum absolute atomic E-state index is 11.9. The zero-order valence-corrected chi connectivity index (χ0v) is 9.79. The van der Waals surface area contributed by atoms with Gasteiger partial charge in [0.15, 0.2) is 0 Å². The van der Waals surface area contributed by atoms with Crippen molar-refractivity contribution in [2.45, 2.75) is 31.8 Å². The second-order valence-corrected chi connectivity index (χ2v) is 4.48. The maximum atomic E-state index is 11.9. The van der Waals surface area contributed by atoms with Gasteiger partial charge < -0.3 is 9.88 Å². The highest BCUT2D eigenvalue weighted by atomic mass is 35.5. The number of terminal acetylenes is 1. The molecule has 84 valence electrons. The van der Waals surface area contributed by atoms with E-state index >= 15 is 0 Å². The Balaban J connectivity index is 2.19. The summed E-state index contributed by atoms with van der Waals surface area (Å²) < 4.78 is 1.93. The minimum absolute atomic E-state index is 0.163. The lowest BCUT2D eigenvalue weighted by Crippen LogP contribution is -2.32. The summed E-state index contributed by atoms with van der Waals surface area (Å²) in [4.78, 5) is 11.9. The first-order valence-electron chi connectivity index (χ1n) is 5.26. The molecule has 0 bridgehead atoms. The minimum atomic E-state index is -0.270. The number of carbonyl (C=O) groups excluding carboxylic acids is 1. The average molecular weight is 237 g/mol. The first-order valence-corrected chi connectivity index (χ1v) is 5.64. The van der Waals surface area contributed by atoms with Crippen molar-refractivity contribution >= 4 is 17.5 Å². The van der Waals surface area contributed by atoms with Crippen molar-refractivity contribution in [1.29, 1.82) is 0 Å². The second-order valence-electron chi connectivity index (χ2n) is 4.04. The molecule has 1 aromatic rings. The Morgan fingerprint density at radius 3 is 3.00 bits per heavy atom. The van der Waals surface area contributed by atoms with Crippen LogP contribution in [0, 0.1) is 12.3 Å². The molecule has 1 aromatic heterocycles. The molecule has 1 N–H and O–H groups in total. The third kappa shape index (κ3) is 2.23. The van der Waals surface area contributed by atoms with E-state index in [1.165, 1.54) is 0 Å². The van der Waals surface area contributed by atoms with Gasteiger partial charge in [-0.2, -0.15) is 0 Å². The van der Waals surface area contributed by atoms with Crippen LogP contribution in [0.25, 0.3) is 0 Å². The molecule has 1 aliphatic carbocycles.